The van der Waals surface area contributed by atoms with Crippen molar-refractivity contribution in [1.82, 2.24) is 5.32 Å². The van der Waals surface area contributed by atoms with E-state index in [-0.39, 0.29) is 0 Å². The van der Waals surface area contributed by atoms with Crippen molar-refractivity contribution in [2.45, 2.75) is 37.0 Å². The molecule has 3 nitrogen and oxygen atoms in total. The van der Waals surface area contributed by atoms with Gasteiger partial charge >= 0.3 is 0 Å². The minimum Gasteiger partial charge on any atom is -0.385 e. The van der Waals surface area contributed by atoms with Crippen LogP contribution >= 0.6 is 0 Å². The highest BCUT2D eigenvalue weighted by Gasteiger charge is 2.59. The van der Waals surface area contributed by atoms with Gasteiger partial charge in [-0.3, -0.25) is 0 Å². The molecule has 10 heavy (non-hydrogen) atoms. The fraction of sp³-hybridized carbons (Fsp3) is 1.00. The lowest BCUT2D eigenvalue weighted by atomic mass is 10.0. The van der Waals surface area contributed by atoms with E-state index in [1.165, 1.54) is 0 Å². The molecule has 1 unspecified atom stereocenters. The van der Waals surface area contributed by atoms with Crippen molar-refractivity contribution in [2.75, 3.05) is 6.54 Å². The Balaban J connectivity index is 2.13. The summed E-state index contributed by atoms with van der Waals surface area (Å²) in [5.41, 5.74) is -1.92. The van der Waals surface area contributed by atoms with Crippen LogP contribution in [0.3, 0.4) is 0 Å². The zero-order chi connectivity index (χ0) is 7.24. The molecular formula is C7H12NO2. The van der Waals surface area contributed by atoms with Gasteiger partial charge in [-0.25, -0.2) is 5.32 Å². The van der Waals surface area contributed by atoms with Gasteiger partial charge in [0.15, 0.2) is 5.72 Å². The summed E-state index contributed by atoms with van der Waals surface area (Å²) in [6, 6.07) is 0. The average Bonchev–Trinajstić information content (AvgIpc) is 2.46. The van der Waals surface area contributed by atoms with Crippen LogP contribution in [0.5, 0.6) is 0 Å². The second-order valence-electron chi connectivity index (χ2n) is 3.33. The molecule has 1 saturated heterocycles. The van der Waals surface area contributed by atoms with Gasteiger partial charge < -0.3 is 10.2 Å². The van der Waals surface area contributed by atoms with E-state index >= 15 is 0 Å². The monoisotopic (exact) mass is 142 g/mol. The van der Waals surface area contributed by atoms with Crippen LogP contribution in [0.15, 0.2) is 0 Å². The van der Waals surface area contributed by atoms with Crippen LogP contribution in [0.25, 0.3) is 0 Å². The maximum absolute atomic E-state index is 9.67. The summed E-state index contributed by atoms with van der Waals surface area (Å²) in [6.07, 6.45) is 2.99. The smallest absolute Gasteiger partial charge is 0.159 e. The summed E-state index contributed by atoms with van der Waals surface area (Å²) >= 11 is 0. The molecule has 0 aromatic heterocycles. The van der Waals surface area contributed by atoms with Crippen molar-refractivity contribution >= 4 is 0 Å². The third kappa shape index (κ3) is 0.713. The highest BCUT2D eigenvalue weighted by atomic mass is 16.4. The Labute approximate surface area is 60.1 Å². The van der Waals surface area contributed by atoms with Crippen LogP contribution in [0.1, 0.15) is 25.7 Å². The van der Waals surface area contributed by atoms with Gasteiger partial charge in [0.05, 0.1) is 0 Å². The Morgan fingerprint density at radius 1 is 1.10 bits per heavy atom. The van der Waals surface area contributed by atoms with Gasteiger partial charge in [-0.2, -0.15) is 0 Å². The predicted molar refractivity (Wildman–Crippen MR) is 35.4 cm³/mol. The Morgan fingerprint density at radius 3 is 2.20 bits per heavy atom. The van der Waals surface area contributed by atoms with Gasteiger partial charge in [0.25, 0.3) is 0 Å². The van der Waals surface area contributed by atoms with E-state index in [0.29, 0.717) is 25.8 Å². The zero-order valence-electron chi connectivity index (χ0n) is 5.88. The molecule has 2 aliphatic rings. The first kappa shape index (κ1) is 6.58. The Hall–Kier alpha value is -0.120. The molecule has 3 heteroatoms. The lowest BCUT2D eigenvalue weighted by molar-refractivity contribution is -0.105. The van der Waals surface area contributed by atoms with Crippen molar-refractivity contribution < 1.29 is 10.2 Å². The molecule has 1 aliphatic heterocycles. The number of rotatable bonds is 1. The van der Waals surface area contributed by atoms with E-state index in [1.807, 2.05) is 0 Å². The Morgan fingerprint density at radius 2 is 1.80 bits per heavy atom. The van der Waals surface area contributed by atoms with E-state index in [1.54, 1.807) is 0 Å². The zero-order valence-corrected chi connectivity index (χ0v) is 5.88. The first-order valence-electron chi connectivity index (χ1n) is 3.80. The molecule has 2 fully saturated rings. The van der Waals surface area contributed by atoms with Crippen LogP contribution in [0, 0.1) is 0 Å². The molecule has 1 radical (unpaired) electrons. The molecule has 0 amide bonds. The number of nitrogens with zero attached hydrogens (tertiary/aromatic N) is 1. The summed E-state index contributed by atoms with van der Waals surface area (Å²) in [4.78, 5) is 0. The van der Waals surface area contributed by atoms with Gasteiger partial charge in [0, 0.05) is 6.54 Å². The van der Waals surface area contributed by atoms with Crippen molar-refractivity contribution in [3.8, 4) is 0 Å². The number of aliphatic hydroxyl groups is 2. The van der Waals surface area contributed by atoms with Crippen molar-refractivity contribution in [3.05, 3.63) is 0 Å². The molecule has 1 atom stereocenters. The van der Waals surface area contributed by atoms with Crippen LogP contribution in [0.2, 0.25) is 0 Å². The largest absolute Gasteiger partial charge is 0.385 e. The molecule has 1 aliphatic carbocycles. The van der Waals surface area contributed by atoms with E-state index < -0.39 is 11.3 Å². The van der Waals surface area contributed by atoms with Crippen molar-refractivity contribution in [1.29, 1.82) is 0 Å². The summed E-state index contributed by atoms with van der Waals surface area (Å²) in [5.74, 6) is 0. The third-order valence-electron chi connectivity index (χ3n) is 2.53. The molecule has 0 aromatic rings. The normalized spacial score (nSPS) is 43.8. The highest BCUT2D eigenvalue weighted by molar-refractivity contribution is 5.09. The summed E-state index contributed by atoms with van der Waals surface area (Å²) < 4.78 is 0. The SMILES string of the molecule is OC1(C2(O)CCC[N]2)CC1. The molecule has 2 N–H and O–H groups in total. The Kier molecular flexibility index (Phi) is 1.14. The molecule has 57 valence electrons. The van der Waals surface area contributed by atoms with E-state index in [9.17, 15) is 10.2 Å². The summed E-state index contributed by atoms with van der Waals surface area (Å²) in [5, 5.41) is 23.2. The van der Waals surface area contributed by atoms with E-state index in [0.717, 1.165) is 6.42 Å². The topological polar surface area (TPSA) is 54.6 Å². The molecule has 1 saturated carbocycles. The maximum atomic E-state index is 9.67. The van der Waals surface area contributed by atoms with Gasteiger partial charge in [-0.1, -0.05) is 0 Å². The summed E-state index contributed by atoms with van der Waals surface area (Å²) in [6.45, 7) is 0.707. The lowest BCUT2D eigenvalue weighted by Gasteiger charge is -2.26. The fourth-order valence-corrected chi connectivity index (χ4v) is 1.57. The average molecular weight is 142 g/mol. The minimum absolute atomic E-state index is 0.642. The third-order valence-corrected chi connectivity index (χ3v) is 2.53. The van der Waals surface area contributed by atoms with Crippen LogP contribution in [-0.4, -0.2) is 28.1 Å². The minimum atomic E-state index is -1.08. The maximum Gasteiger partial charge on any atom is 0.159 e. The molecular weight excluding hydrogens is 130 g/mol. The summed E-state index contributed by atoms with van der Waals surface area (Å²) in [7, 11) is 0. The van der Waals surface area contributed by atoms with Gasteiger partial charge in [-0.05, 0) is 25.7 Å². The fourth-order valence-electron chi connectivity index (χ4n) is 1.57. The first-order valence-corrected chi connectivity index (χ1v) is 3.80. The van der Waals surface area contributed by atoms with Crippen LogP contribution < -0.4 is 5.32 Å². The van der Waals surface area contributed by atoms with Crippen LogP contribution in [0.4, 0.5) is 0 Å². The molecule has 0 bridgehead atoms. The van der Waals surface area contributed by atoms with Gasteiger partial charge in [-0.15, -0.1) is 0 Å². The lowest BCUT2D eigenvalue weighted by Crippen LogP contribution is -2.48. The highest BCUT2D eigenvalue weighted by Crippen LogP contribution is 2.47. The second-order valence-corrected chi connectivity index (χ2v) is 3.33. The molecule has 2 rings (SSSR count). The number of hydrogen-bond acceptors (Lipinski definition) is 2. The van der Waals surface area contributed by atoms with E-state index in [4.69, 9.17) is 0 Å². The number of hydrogen-bond donors (Lipinski definition) is 2. The van der Waals surface area contributed by atoms with Gasteiger partial charge in [0.2, 0.25) is 0 Å². The molecule has 0 spiro atoms. The standard InChI is InChI=1S/C7H12NO2/c9-6(3-4-6)7(10)2-1-5-8-7/h9-10H,1-5H2. The van der Waals surface area contributed by atoms with Crippen molar-refractivity contribution in [2.24, 2.45) is 0 Å². The first-order chi connectivity index (χ1) is 4.66. The van der Waals surface area contributed by atoms with E-state index in [2.05, 4.69) is 5.32 Å². The molecule has 1 heterocycles. The predicted octanol–water partition coefficient (Wildman–Crippen LogP) is -0.402. The second kappa shape index (κ2) is 1.72. The van der Waals surface area contributed by atoms with Crippen molar-refractivity contribution in [3.63, 3.8) is 0 Å². The quantitative estimate of drug-likeness (QED) is 0.523. The van der Waals surface area contributed by atoms with Gasteiger partial charge in [0.1, 0.15) is 5.60 Å². The molecule has 0 aromatic carbocycles. The Bertz CT molecular complexity index is 148. The van der Waals surface area contributed by atoms with Crippen LogP contribution in [-0.2, 0) is 0 Å².